The third-order valence-corrected chi connectivity index (χ3v) is 9.38. The van der Waals surface area contributed by atoms with Crippen LogP contribution in [0.15, 0.2) is 36.4 Å². The monoisotopic (exact) mass is 830 g/mol. The lowest BCUT2D eigenvalue weighted by molar-refractivity contribution is -0.150. The molecular formula is C38H54Cl4N6O6. The number of rotatable bonds is 22. The number of carbonyl (C=O) groups excluding carboxylic acids is 2. The van der Waals surface area contributed by atoms with Crippen LogP contribution in [0, 0.1) is 0 Å². The van der Waals surface area contributed by atoms with E-state index in [9.17, 15) is 9.59 Å². The van der Waals surface area contributed by atoms with E-state index in [4.69, 9.17) is 76.1 Å². The maximum absolute atomic E-state index is 11.7. The largest absolute Gasteiger partial charge is 0.463 e. The SMILES string of the molecule is CC(CO)OC(=O)CCCc1nc2cc(N(CCCl)CCCl)ccc2n1C.CC(O)COC(=O)CCCc1nc2cc(N(CCCl)CCCl)ccc2n1C. The number of hydrogen-bond acceptors (Lipinski definition) is 10. The van der Waals surface area contributed by atoms with Crippen molar-refractivity contribution >= 4 is 91.8 Å². The summed E-state index contributed by atoms with van der Waals surface area (Å²) < 4.78 is 14.1. The second kappa shape index (κ2) is 23.8. The van der Waals surface area contributed by atoms with Gasteiger partial charge >= 0.3 is 11.9 Å². The van der Waals surface area contributed by atoms with Crippen molar-refractivity contribution in [1.82, 2.24) is 19.1 Å². The van der Waals surface area contributed by atoms with Crippen molar-refractivity contribution < 1.29 is 29.3 Å². The first-order chi connectivity index (χ1) is 25.9. The standard InChI is InChI=1S/2C19H27Cl2N3O3/c1-14(25)13-27-19(26)5-3-4-18-22-16-12-15(6-7-17(16)23(18)2)24(10-8-20)11-9-21;1-14(13-25)27-19(26)5-3-4-18-22-16-12-15(6-7-17(16)23(18)2)24(10-8-20)11-9-21/h2*6-7,12,14,25H,3-5,8-11,13H2,1-2H3. The van der Waals surface area contributed by atoms with Gasteiger partial charge in [0.15, 0.2) is 0 Å². The van der Waals surface area contributed by atoms with Crippen LogP contribution in [-0.4, -0.2) is 116 Å². The number of anilines is 2. The molecule has 0 bridgehead atoms. The van der Waals surface area contributed by atoms with Crippen molar-refractivity contribution in [2.45, 2.75) is 64.6 Å². The number of fused-ring (bicyclic) bond motifs is 2. The number of benzene rings is 2. The Bertz CT molecular complexity index is 1740. The van der Waals surface area contributed by atoms with Gasteiger partial charge in [0.2, 0.25) is 0 Å². The second-order valence-electron chi connectivity index (χ2n) is 13.0. The molecule has 2 heterocycles. The van der Waals surface area contributed by atoms with E-state index in [0.717, 1.165) is 71.3 Å². The van der Waals surface area contributed by atoms with Crippen LogP contribution in [0.1, 0.15) is 51.2 Å². The molecule has 2 N–H and O–H groups in total. The van der Waals surface area contributed by atoms with Crippen molar-refractivity contribution in [3.63, 3.8) is 0 Å². The third kappa shape index (κ3) is 13.9. The fourth-order valence-corrected chi connectivity index (χ4v) is 6.67. The van der Waals surface area contributed by atoms with Gasteiger partial charge in [0.1, 0.15) is 24.4 Å². The van der Waals surface area contributed by atoms with Gasteiger partial charge in [-0.3, -0.25) is 9.59 Å². The number of nitrogens with zero attached hydrogens (tertiary/aromatic N) is 6. The molecule has 2 aromatic carbocycles. The first kappa shape index (κ1) is 45.4. The molecule has 0 amide bonds. The van der Waals surface area contributed by atoms with Gasteiger partial charge in [-0.05, 0) is 63.1 Å². The zero-order valence-electron chi connectivity index (χ0n) is 31.7. The Balaban J connectivity index is 0.000000290. The second-order valence-corrected chi connectivity index (χ2v) is 14.5. The van der Waals surface area contributed by atoms with E-state index >= 15 is 0 Å². The Hall–Kier alpha value is -3.00. The van der Waals surface area contributed by atoms with Crippen molar-refractivity contribution in [3.8, 4) is 0 Å². The molecule has 12 nitrogen and oxygen atoms in total. The molecule has 2 atom stereocenters. The number of aliphatic hydroxyl groups excluding tert-OH is 2. The minimum Gasteiger partial charge on any atom is -0.463 e. The van der Waals surface area contributed by atoms with Crippen molar-refractivity contribution in [2.24, 2.45) is 14.1 Å². The molecule has 16 heteroatoms. The molecule has 0 aliphatic heterocycles. The van der Waals surface area contributed by atoms with E-state index in [1.54, 1.807) is 13.8 Å². The van der Waals surface area contributed by atoms with Crippen LogP contribution in [0.3, 0.4) is 0 Å². The predicted molar refractivity (Wildman–Crippen MR) is 220 cm³/mol. The highest BCUT2D eigenvalue weighted by Crippen LogP contribution is 2.25. The summed E-state index contributed by atoms with van der Waals surface area (Å²) in [4.78, 5) is 37.1. The Morgan fingerprint density at radius 3 is 1.56 bits per heavy atom. The number of aryl methyl sites for hydroxylation is 4. The highest BCUT2D eigenvalue weighted by molar-refractivity contribution is 6.19. The van der Waals surface area contributed by atoms with Gasteiger partial charge in [0.05, 0.1) is 34.8 Å². The summed E-state index contributed by atoms with van der Waals surface area (Å²) in [6, 6.07) is 12.3. The summed E-state index contributed by atoms with van der Waals surface area (Å²) in [6.07, 6.45) is 2.15. The average molecular weight is 833 g/mol. The fraction of sp³-hybridized carbons (Fsp3) is 0.579. The van der Waals surface area contributed by atoms with Gasteiger partial charge in [-0.2, -0.15) is 0 Å². The van der Waals surface area contributed by atoms with Gasteiger partial charge < -0.3 is 38.6 Å². The van der Waals surface area contributed by atoms with Crippen LogP contribution in [0.5, 0.6) is 0 Å². The Morgan fingerprint density at radius 1 is 0.741 bits per heavy atom. The number of aliphatic hydroxyl groups is 2. The fourth-order valence-electron chi connectivity index (χ4n) is 5.85. The maximum atomic E-state index is 11.7. The van der Waals surface area contributed by atoms with E-state index in [-0.39, 0.29) is 25.2 Å². The molecule has 4 rings (SSSR count). The lowest BCUT2D eigenvalue weighted by Gasteiger charge is -2.22. The number of hydrogen-bond donors (Lipinski definition) is 2. The van der Waals surface area contributed by atoms with Gasteiger partial charge in [-0.15, -0.1) is 46.4 Å². The Morgan fingerprint density at radius 2 is 1.17 bits per heavy atom. The average Bonchev–Trinajstić information content (AvgIpc) is 3.64. The number of halogens is 4. The van der Waals surface area contributed by atoms with E-state index in [1.807, 2.05) is 35.4 Å². The lowest BCUT2D eigenvalue weighted by atomic mass is 10.2. The van der Waals surface area contributed by atoms with Crippen LogP contribution in [-0.2, 0) is 46.0 Å². The number of imidazole rings is 2. The molecule has 0 spiro atoms. The highest BCUT2D eigenvalue weighted by Gasteiger charge is 2.15. The number of ether oxygens (including phenoxy) is 2. The Labute approximate surface area is 338 Å². The molecule has 0 saturated carbocycles. The van der Waals surface area contributed by atoms with E-state index in [2.05, 4.69) is 34.1 Å². The number of aromatic nitrogens is 4. The summed E-state index contributed by atoms with van der Waals surface area (Å²) in [5, 5.41) is 18.1. The summed E-state index contributed by atoms with van der Waals surface area (Å²) in [6.45, 7) is 6.04. The normalized spacial score (nSPS) is 12.3. The molecule has 2 unspecified atom stereocenters. The molecule has 0 aliphatic carbocycles. The minimum absolute atomic E-state index is 0.0367. The molecule has 54 heavy (non-hydrogen) atoms. The van der Waals surface area contributed by atoms with Crippen LogP contribution in [0.25, 0.3) is 22.1 Å². The van der Waals surface area contributed by atoms with Crippen molar-refractivity contribution in [2.75, 3.05) is 72.7 Å². The van der Waals surface area contributed by atoms with Crippen LogP contribution >= 0.6 is 46.4 Å². The van der Waals surface area contributed by atoms with E-state index in [0.29, 0.717) is 62.0 Å². The molecule has 0 aliphatic rings. The minimum atomic E-state index is -0.639. The first-order valence-electron chi connectivity index (χ1n) is 18.2. The Kier molecular flexibility index (Phi) is 20.0. The van der Waals surface area contributed by atoms with E-state index in [1.165, 1.54) is 0 Å². The summed E-state index contributed by atoms with van der Waals surface area (Å²) >= 11 is 23.6. The first-order valence-corrected chi connectivity index (χ1v) is 20.4. The molecule has 2 aromatic heterocycles. The van der Waals surface area contributed by atoms with Gasteiger partial charge in [-0.1, -0.05) is 0 Å². The molecular weight excluding hydrogens is 778 g/mol. The molecule has 0 fully saturated rings. The summed E-state index contributed by atoms with van der Waals surface area (Å²) in [5.74, 6) is 3.39. The smallest absolute Gasteiger partial charge is 0.306 e. The highest BCUT2D eigenvalue weighted by atomic mass is 35.5. The van der Waals surface area contributed by atoms with Gasteiger partial charge in [-0.25, -0.2) is 9.97 Å². The predicted octanol–water partition coefficient (Wildman–Crippen LogP) is 6.21. The van der Waals surface area contributed by atoms with Crippen LogP contribution in [0.4, 0.5) is 11.4 Å². The van der Waals surface area contributed by atoms with Gasteiger partial charge in [0.25, 0.3) is 0 Å². The molecule has 300 valence electrons. The zero-order chi connectivity index (χ0) is 39.6. The maximum Gasteiger partial charge on any atom is 0.306 e. The number of carbonyl (C=O) groups is 2. The molecule has 4 aromatic rings. The molecule has 0 saturated heterocycles. The quantitative estimate of drug-likeness (QED) is 0.0696. The summed E-state index contributed by atoms with van der Waals surface area (Å²) in [7, 11) is 3.96. The summed E-state index contributed by atoms with van der Waals surface area (Å²) in [5.41, 5.74) is 6.01. The van der Waals surface area contributed by atoms with Gasteiger partial charge in [0, 0.05) is 101 Å². The lowest BCUT2D eigenvalue weighted by Crippen LogP contribution is -2.27. The molecule has 0 radical (unpaired) electrons. The van der Waals surface area contributed by atoms with Crippen LogP contribution in [0.2, 0.25) is 0 Å². The van der Waals surface area contributed by atoms with Crippen molar-refractivity contribution in [3.05, 3.63) is 48.0 Å². The third-order valence-electron chi connectivity index (χ3n) is 8.70. The number of alkyl halides is 4. The topological polar surface area (TPSA) is 135 Å². The van der Waals surface area contributed by atoms with Crippen molar-refractivity contribution in [1.29, 1.82) is 0 Å². The van der Waals surface area contributed by atoms with E-state index < -0.39 is 12.2 Å². The number of esters is 2. The van der Waals surface area contributed by atoms with Crippen LogP contribution < -0.4 is 9.80 Å². The zero-order valence-corrected chi connectivity index (χ0v) is 34.7.